The van der Waals surface area contributed by atoms with E-state index >= 15 is 0 Å². The van der Waals surface area contributed by atoms with E-state index < -0.39 is 5.97 Å². The lowest BCUT2D eigenvalue weighted by molar-refractivity contribution is 0.0628. The van der Waals surface area contributed by atoms with Crippen LogP contribution >= 0.6 is 0 Å². The molecule has 0 unspecified atom stereocenters. The van der Waals surface area contributed by atoms with Crippen molar-refractivity contribution in [1.29, 1.82) is 0 Å². The molecular formula is C13H14O4. The van der Waals surface area contributed by atoms with Gasteiger partial charge in [-0.15, -0.1) is 0 Å². The van der Waals surface area contributed by atoms with E-state index in [1.807, 2.05) is 0 Å². The number of esters is 1. The van der Waals surface area contributed by atoms with Crippen LogP contribution in [0.4, 0.5) is 0 Å². The summed E-state index contributed by atoms with van der Waals surface area (Å²) in [6, 6.07) is 6.31. The summed E-state index contributed by atoms with van der Waals surface area (Å²) < 4.78 is 10.0. The molecule has 1 N–H and O–H groups in total. The van der Waals surface area contributed by atoms with Crippen LogP contribution in [0.1, 0.15) is 17.3 Å². The van der Waals surface area contributed by atoms with Gasteiger partial charge >= 0.3 is 5.97 Å². The Morgan fingerprint density at radius 2 is 1.88 bits per heavy atom. The molecule has 0 saturated carbocycles. The molecule has 0 amide bonds. The van der Waals surface area contributed by atoms with Gasteiger partial charge in [0.1, 0.15) is 18.1 Å². The Bertz CT molecular complexity index is 431. The molecule has 0 heterocycles. The molecule has 17 heavy (non-hydrogen) atoms. The minimum atomic E-state index is -0.468. The number of carbonyl (C=O) groups excluding carboxylic acids is 1. The van der Waals surface area contributed by atoms with Crippen molar-refractivity contribution in [3.05, 3.63) is 54.5 Å². The van der Waals surface area contributed by atoms with Crippen molar-refractivity contribution >= 4 is 5.97 Å². The number of rotatable bonds is 5. The molecule has 0 fully saturated rings. The van der Waals surface area contributed by atoms with Gasteiger partial charge in [0, 0.05) is 0 Å². The smallest absolute Gasteiger partial charge is 0.343 e. The molecule has 0 aliphatic rings. The number of aliphatic hydroxyl groups excluding tert-OH is 1. The molecule has 0 atom stereocenters. The van der Waals surface area contributed by atoms with Gasteiger partial charge in [-0.1, -0.05) is 13.2 Å². The molecular weight excluding hydrogens is 220 g/mol. The molecule has 1 rings (SSSR count). The maximum absolute atomic E-state index is 11.5. The second-order valence-electron chi connectivity index (χ2n) is 3.41. The Morgan fingerprint density at radius 3 is 2.35 bits per heavy atom. The number of aliphatic hydroxyl groups is 1. The molecule has 0 aliphatic carbocycles. The summed E-state index contributed by atoms with van der Waals surface area (Å²) >= 11 is 0. The maximum atomic E-state index is 11.5. The summed E-state index contributed by atoms with van der Waals surface area (Å²) in [6.07, 6.45) is 0. The van der Waals surface area contributed by atoms with Gasteiger partial charge < -0.3 is 14.6 Å². The fourth-order valence-electron chi connectivity index (χ4n) is 1.08. The zero-order valence-corrected chi connectivity index (χ0v) is 9.60. The van der Waals surface area contributed by atoms with Crippen LogP contribution in [0.3, 0.4) is 0 Å². The number of hydrogen-bond acceptors (Lipinski definition) is 4. The molecule has 0 spiro atoms. The third kappa shape index (κ3) is 4.12. The largest absolute Gasteiger partial charge is 0.460 e. The standard InChI is InChI=1S/C13H14O4/c1-9(2)16-13(15)11-4-6-12(7-5-11)17-10(3)8-14/h4-7,14H,1,3,8H2,2H3. The van der Waals surface area contributed by atoms with Crippen molar-refractivity contribution in [3.8, 4) is 5.75 Å². The van der Waals surface area contributed by atoms with Crippen LogP contribution in [-0.2, 0) is 4.74 Å². The van der Waals surface area contributed by atoms with E-state index in [2.05, 4.69) is 13.2 Å². The topological polar surface area (TPSA) is 55.8 Å². The second-order valence-corrected chi connectivity index (χ2v) is 3.41. The predicted molar refractivity (Wildman–Crippen MR) is 63.5 cm³/mol. The third-order valence-electron chi connectivity index (χ3n) is 1.80. The average Bonchev–Trinajstić information content (AvgIpc) is 2.28. The first-order chi connectivity index (χ1) is 8.02. The molecule has 1 aromatic rings. The Morgan fingerprint density at radius 1 is 1.29 bits per heavy atom. The van der Waals surface area contributed by atoms with Crippen molar-refractivity contribution in [2.45, 2.75) is 6.92 Å². The van der Waals surface area contributed by atoms with Gasteiger partial charge in [-0.2, -0.15) is 0 Å². The van der Waals surface area contributed by atoms with Crippen LogP contribution in [0.5, 0.6) is 5.75 Å². The Hall–Kier alpha value is -2.07. The van der Waals surface area contributed by atoms with Gasteiger partial charge in [0.2, 0.25) is 0 Å². The lowest BCUT2D eigenvalue weighted by Gasteiger charge is -2.07. The SMILES string of the molecule is C=C(C)OC(=O)c1ccc(OC(=C)CO)cc1. The van der Waals surface area contributed by atoms with Crippen molar-refractivity contribution in [1.82, 2.24) is 0 Å². The minimum Gasteiger partial charge on any atom is -0.460 e. The van der Waals surface area contributed by atoms with E-state index in [4.69, 9.17) is 14.6 Å². The summed E-state index contributed by atoms with van der Waals surface area (Å²) in [5.41, 5.74) is 0.398. The van der Waals surface area contributed by atoms with Crippen LogP contribution in [0.15, 0.2) is 48.9 Å². The second kappa shape index (κ2) is 5.86. The highest BCUT2D eigenvalue weighted by Crippen LogP contribution is 2.15. The van der Waals surface area contributed by atoms with Crippen molar-refractivity contribution < 1.29 is 19.4 Å². The fraction of sp³-hybridized carbons (Fsp3) is 0.154. The van der Waals surface area contributed by atoms with Crippen LogP contribution < -0.4 is 4.74 Å². The molecule has 1 aromatic carbocycles. The van der Waals surface area contributed by atoms with Gasteiger partial charge in [0.25, 0.3) is 0 Å². The number of allylic oxidation sites excluding steroid dienone is 1. The lowest BCUT2D eigenvalue weighted by Crippen LogP contribution is -2.03. The number of benzene rings is 1. The highest BCUT2D eigenvalue weighted by Gasteiger charge is 2.07. The summed E-state index contributed by atoms with van der Waals surface area (Å²) in [7, 11) is 0. The van der Waals surface area contributed by atoms with Crippen molar-refractivity contribution in [2.24, 2.45) is 0 Å². The first-order valence-electron chi connectivity index (χ1n) is 4.97. The highest BCUT2D eigenvalue weighted by molar-refractivity contribution is 5.90. The van der Waals surface area contributed by atoms with Crippen LogP contribution in [0.2, 0.25) is 0 Å². The molecule has 4 nitrogen and oxygen atoms in total. The summed E-state index contributed by atoms with van der Waals surface area (Å²) in [5, 5.41) is 8.73. The van der Waals surface area contributed by atoms with Crippen LogP contribution in [-0.4, -0.2) is 17.7 Å². The van der Waals surface area contributed by atoms with Gasteiger partial charge in [-0.3, -0.25) is 0 Å². The summed E-state index contributed by atoms with van der Waals surface area (Å²) in [4.78, 5) is 11.5. The molecule has 0 aliphatic heterocycles. The van der Waals surface area contributed by atoms with Gasteiger partial charge in [-0.25, -0.2) is 4.79 Å². The molecule has 90 valence electrons. The van der Waals surface area contributed by atoms with Crippen molar-refractivity contribution in [2.75, 3.05) is 6.61 Å². The number of ether oxygens (including phenoxy) is 2. The molecule has 0 bridgehead atoms. The van der Waals surface area contributed by atoms with Gasteiger partial charge in [-0.05, 0) is 31.2 Å². The zero-order chi connectivity index (χ0) is 12.8. The zero-order valence-electron chi connectivity index (χ0n) is 9.60. The maximum Gasteiger partial charge on any atom is 0.343 e. The summed E-state index contributed by atoms with van der Waals surface area (Å²) in [5.74, 6) is 0.604. The normalized spacial score (nSPS) is 9.53. The summed E-state index contributed by atoms with van der Waals surface area (Å²) in [6.45, 7) is 8.32. The van der Waals surface area contributed by atoms with E-state index in [1.54, 1.807) is 31.2 Å². The molecule has 0 aromatic heterocycles. The Balaban J connectivity index is 2.70. The molecule has 4 heteroatoms. The van der Waals surface area contributed by atoms with E-state index in [-0.39, 0.29) is 12.4 Å². The number of carbonyl (C=O) groups is 1. The fourth-order valence-corrected chi connectivity index (χ4v) is 1.08. The minimum absolute atomic E-state index is 0.238. The van der Waals surface area contributed by atoms with Crippen molar-refractivity contribution in [3.63, 3.8) is 0 Å². The van der Waals surface area contributed by atoms with Crippen LogP contribution in [0.25, 0.3) is 0 Å². The highest BCUT2D eigenvalue weighted by atomic mass is 16.5. The van der Waals surface area contributed by atoms with Crippen LogP contribution in [0, 0.1) is 0 Å². The Labute approximate surface area is 99.8 Å². The van der Waals surface area contributed by atoms with E-state index in [1.165, 1.54) is 0 Å². The predicted octanol–water partition coefficient (Wildman–Crippen LogP) is 2.26. The molecule has 0 radical (unpaired) electrons. The van der Waals surface area contributed by atoms with Gasteiger partial charge in [0.15, 0.2) is 0 Å². The Kier molecular flexibility index (Phi) is 4.48. The first-order valence-corrected chi connectivity index (χ1v) is 4.97. The van der Waals surface area contributed by atoms with E-state index in [9.17, 15) is 4.79 Å². The number of hydrogen-bond donors (Lipinski definition) is 1. The first kappa shape index (κ1) is 13.0. The lowest BCUT2D eigenvalue weighted by atomic mass is 10.2. The average molecular weight is 234 g/mol. The van der Waals surface area contributed by atoms with E-state index in [0.717, 1.165) is 0 Å². The monoisotopic (exact) mass is 234 g/mol. The quantitative estimate of drug-likeness (QED) is 0.627. The molecule has 0 saturated heterocycles. The van der Waals surface area contributed by atoms with E-state index in [0.29, 0.717) is 17.1 Å². The third-order valence-corrected chi connectivity index (χ3v) is 1.80. The van der Waals surface area contributed by atoms with Gasteiger partial charge in [0.05, 0.1) is 11.3 Å².